The fraction of sp³-hybridized carbons (Fsp3) is 0.800. The van der Waals surface area contributed by atoms with E-state index in [1.807, 2.05) is 0 Å². The smallest absolute Gasteiger partial charge is 0.331 e. The summed E-state index contributed by atoms with van der Waals surface area (Å²) < 4.78 is 5.33. The number of hydrogen-bond acceptors (Lipinski definition) is 3. The van der Waals surface area contributed by atoms with Crippen LogP contribution in [0.1, 0.15) is 90.4 Å². The zero-order chi connectivity index (χ0) is 17.5. The maximum absolute atomic E-state index is 11.6. The molecule has 1 amide bonds. The molecule has 0 aromatic carbocycles. The van der Waals surface area contributed by atoms with Gasteiger partial charge in [-0.05, 0) is 32.1 Å². The van der Waals surface area contributed by atoms with E-state index in [0.717, 1.165) is 38.5 Å². The van der Waals surface area contributed by atoms with Crippen LogP contribution in [0.15, 0.2) is 12.2 Å². The fourth-order valence-electron chi connectivity index (χ4n) is 3.06. The molecular formula is C20H35NO3. The van der Waals surface area contributed by atoms with Crippen molar-refractivity contribution in [1.82, 2.24) is 5.32 Å². The maximum Gasteiger partial charge on any atom is 0.331 e. The molecule has 0 radical (unpaired) electrons. The molecule has 1 rings (SSSR count). The highest BCUT2D eigenvalue weighted by atomic mass is 16.5. The molecule has 0 saturated heterocycles. The first kappa shape index (κ1) is 20.7. The van der Waals surface area contributed by atoms with Gasteiger partial charge in [0, 0.05) is 18.7 Å². The third-order valence-electron chi connectivity index (χ3n) is 4.54. The van der Waals surface area contributed by atoms with Gasteiger partial charge in [-0.2, -0.15) is 0 Å². The molecule has 0 aliphatic heterocycles. The van der Waals surface area contributed by atoms with Crippen LogP contribution in [0, 0.1) is 0 Å². The first-order chi connectivity index (χ1) is 11.7. The predicted molar refractivity (Wildman–Crippen MR) is 97.7 cm³/mol. The summed E-state index contributed by atoms with van der Waals surface area (Å²) in [6.45, 7) is 2.91. The van der Waals surface area contributed by atoms with Crippen LogP contribution in [0.3, 0.4) is 0 Å². The van der Waals surface area contributed by atoms with Gasteiger partial charge >= 0.3 is 5.97 Å². The summed E-state index contributed by atoms with van der Waals surface area (Å²) in [6.07, 6.45) is 17.9. The Kier molecular flexibility index (Phi) is 12.1. The van der Waals surface area contributed by atoms with E-state index < -0.39 is 5.97 Å². The molecule has 0 atom stereocenters. The third-order valence-corrected chi connectivity index (χ3v) is 4.54. The van der Waals surface area contributed by atoms with Crippen LogP contribution in [0.5, 0.6) is 0 Å². The van der Waals surface area contributed by atoms with Gasteiger partial charge in [0.2, 0.25) is 5.91 Å². The number of esters is 1. The van der Waals surface area contributed by atoms with E-state index in [2.05, 4.69) is 12.2 Å². The lowest BCUT2D eigenvalue weighted by Gasteiger charge is -2.20. The van der Waals surface area contributed by atoms with Gasteiger partial charge in [-0.3, -0.25) is 4.79 Å². The lowest BCUT2D eigenvalue weighted by Crippen LogP contribution is -2.23. The molecule has 1 N–H and O–H groups in total. The van der Waals surface area contributed by atoms with Gasteiger partial charge in [0.25, 0.3) is 0 Å². The molecule has 1 saturated carbocycles. The van der Waals surface area contributed by atoms with Gasteiger partial charge in [-0.1, -0.05) is 58.3 Å². The molecule has 0 aromatic heterocycles. The van der Waals surface area contributed by atoms with E-state index >= 15 is 0 Å². The van der Waals surface area contributed by atoms with E-state index in [0.29, 0.717) is 6.54 Å². The summed E-state index contributed by atoms with van der Waals surface area (Å²) in [5, 5.41) is 2.82. The Morgan fingerprint density at radius 1 is 0.917 bits per heavy atom. The Balaban J connectivity index is 1.97. The van der Waals surface area contributed by atoms with E-state index in [1.165, 1.54) is 57.1 Å². The SMILES string of the molecule is CCCCCCCCCCNC(=O)/C=C\C(=O)OC1CCCCC1. The van der Waals surface area contributed by atoms with Crippen molar-refractivity contribution < 1.29 is 14.3 Å². The first-order valence-corrected chi connectivity index (χ1v) is 9.89. The summed E-state index contributed by atoms with van der Waals surface area (Å²) in [4.78, 5) is 23.3. The number of carbonyl (C=O) groups excluding carboxylic acids is 2. The molecule has 138 valence electrons. The maximum atomic E-state index is 11.6. The van der Waals surface area contributed by atoms with Crippen LogP contribution < -0.4 is 5.32 Å². The quantitative estimate of drug-likeness (QED) is 0.320. The number of carbonyl (C=O) groups is 2. The molecule has 1 fully saturated rings. The lowest BCUT2D eigenvalue weighted by atomic mass is 9.98. The number of rotatable bonds is 12. The minimum atomic E-state index is -0.399. The van der Waals surface area contributed by atoms with Gasteiger partial charge in [0.05, 0.1) is 0 Å². The van der Waals surface area contributed by atoms with Crippen LogP contribution in [-0.4, -0.2) is 24.5 Å². The Hall–Kier alpha value is -1.32. The molecule has 0 heterocycles. The summed E-state index contributed by atoms with van der Waals surface area (Å²) in [5.74, 6) is -0.609. The predicted octanol–water partition coefficient (Wildman–Crippen LogP) is 4.68. The molecule has 4 heteroatoms. The van der Waals surface area contributed by atoms with Gasteiger partial charge in [-0.25, -0.2) is 4.79 Å². The van der Waals surface area contributed by atoms with Crippen molar-refractivity contribution in [2.24, 2.45) is 0 Å². The van der Waals surface area contributed by atoms with Crippen LogP contribution in [0.25, 0.3) is 0 Å². The van der Waals surface area contributed by atoms with Gasteiger partial charge in [-0.15, -0.1) is 0 Å². The average molecular weight is 338 g/mol. The highest BCUT2D eigenvalue weighted by Gasteiger charge is 2.16. The number of nitrogens with one attached hydrogen (secondary N) is 1. The Labute approximate surface area is 147 Å². The lowest BCUT2D eigenvalue weighted by molar-refractivity contribution is -0.144. The zero-order valence-corrected chi connectivity index (χ0v) is 15.4. The summed E-state index contributed by atoms with van der Waals surface area (Å²) in [6, 6.07) is 0. The second-order valence-electron chi connectivity index (χ2n) is 6.80. The largest absolute Gasteiger partial charge is 0.459 e. The summed E-state index contributed by atoms with van der Waals surface area (Å²) in [5.41, 5.74) is 0. The molecule has 0 spiro atoms. The van der Waals surface area contributed by atoms with Crippen LogP contribution in [0.2, 0.25) is 0 Å². The monoisotopic (exact) mass is 337 g/mol. The molecule has 24 heavy (non-hydrogen) atoms. The first-order valence-electron chi connectivity index (χ1n) is 9.89. The zero-order valence-electron chi connectivity index (χ0n) is 15.4. The van der Waals surface area contributed by atoms with Gasteiger partial charge < -0.3 is 10.1 Å². The number of amides is 1. The standard InChI is InChI=1S/C20H35NO3/c1-2-3-4-5-6-7-8-12-17-21-19(22)15-16-20(23)24-18-13-10-9-11-14-18/h15-16,18H,2-14,17H2,1H3,(H,21,22)/b16-15-. The molecule has 0 aromatic rings. The van der Waals surface area contributed by atoms with Crippen LogP contribution in [0.4, 0.5) is 0 Å². The van der Waals surface area contributed by atoms with Crippen molar-refractivity contribution >= 4 is 11.9 Å². The number of hydrogen-bond donors (Lipinski definition) is 1. The Morgan fingerprint density at radius 3 is 2.21 bits per heavy atom. The molecule has 1 aliphatic carbocycles. The second kappa shape index (κ2) is 14.1. The highest BCUT2D eigenvalue weighted by molar-refractivity contribution is 5.94. The normalized spacial score (nSPS) is 15.5. The Bertz CT molecular complexity index is 373. The topological polar surface area (TPSA) is 55.4 Å². The van der Waals surface area contributed by atoms with Crippen LogP contribution >= 0.6 is 0 Å². The third kappa shape index (κ3) is 11.3. The molecule has 0 unspecified atom stereocenters. The van der Waals surface area contributed by atoms with E-state index in [1.54, 1.807) is 0 Å². The van der Waals surface area contributed by atoms with Gasteiger partial charge in [0.1, 0.15) is 6.10 Å². The molecule has 4 nitrogen and oxygen atoms in total. The minimum absolute atomic E-state index is 0.0382. The minimum Gasteiger partial charge on any atom is -0.459 e. The van der Waals surface area contributed by atoms with E-state index in [4.69, 9.17) is 4.74 Å². The van der Waals surface area contributed by atoms with Crippen molar-refractivity contribution in [3.05, 3.63) is 12.2 Å². The van der Waals surface area contributed by atoms with E-state index in [-0.39, 0.29) is 12.0 Å². The number of unbranched alkanes of at least 4 members (excludes halogenated alkanes) is 7. The van der Waals surface area contributed by atoms with Crippen LogP contribution in [-0.2, 0) is 14.3 Å². The van der Waals surface area contributed by atoms with E-state index in [9.17, 15) is 9.59 Å². The molecular weight excluding hydrogens is 302 g/mol. The summed E-state index contributed by atoms with van der Waals surface area (Å²) >= 11 is 0. The average Bonchev–Trinajstić information content (AvgIpc) is 2.59. The second-order valence-corrected chi connectivity index (χ2v) is 6.80. The molecule has 0 bridgehead atoms. The summed E-state index contributed by atoms with van der Waals surface area (Å²) in [7, 11) is 0. The Morgan fingerprint density at radius 2 is 1.54 bits per heavy atom. The van der Waals surface area contributed by atoms with Gasteiger partial charge in [0.15, 0.2) is 0 Å². The van der Waals surface area contributed by atoms with Crippen molar-refractivity contribution in [3.63, 3.8) is 0 Å². The number of ether oxygens (including phenoxy) is 1. The fourth-order valence-corrected chi connectivity index (χ4v) is 3.06. The highest BCUT2D eigenvalue weighted by Crippen LogP contribution is 2.20. The van der Waals surface area contributed by atoms with Crippen molar-refractivity contribution in [2.45, 2.75) is 96.5 Å². The van der Waals surface area contributed by atoms with Crippen molar-refractivity contribution in [2.75, 3.05) is 6.54 Å². The van der Waals surface area contributed by atoms with Crippen molar-refractivity contribution in [3.8, 4) is 0 Å². The van der Waals surface area contributed by atoms with Crippen molar-refractivity contribution in [1.29, 1.82) is 0 Å². The molecule has 1 aliphatic rings.